The van der Waals surface area contributed by atoms with Crippen LogP contribution in [0.2, 0.25) is 0 Å². The molecule has 1 aromatic heterocycles. The van der Waals surface area contributed by atoms with Crippen LogP contribution in [0.5, 0.6) is 11.8 Å². The van der Waals surface area contributed by atoms with Crippen molar-refractivity contribution >= 4 is 30.0 Å². The largest absolute Gasteiger partial charge is 0.478 e. The van der Waals surface area contributed by atoms with Crippen molar-refractivity contribution in [3.05, 3.63) is 89.3 Å². The average Bonchev–Trinajstić information content (AvgIpc) is 2.79. The van der Waals surface area contributed by atoms with E-state index in [1.54, 1.807) is 24.5 Å². The Morgan fingerprint density at radius 2 is 1.85 bits per heavy atom. The lowest BCUT2D eigenvalue weighted by Gasteiger charge is -2.25. The number of benzene rings is 2. The number of hydrogen-bond acceptors (Lipinski definition) is 5. The maximum absolute atomic E-state index is 11.7. The summed E-state index contributed by atoms with van der Waals surface area (Å²) in [6.07, 6.45) is 5.20. The summed E-state index contributed by atoms with van der Waals surface area (Å²) in [7, 11) is 1.95. The first-order chi connectivity index (χ1) is 16.2. The lowest BCUT2D eigenvalue weighted by atomic mass is 9.56. The maximum Gasteiger partial charge on any atom is 0.335 e. The Kier molecular flexibility index (Phi) is 6.55. The van der Waals surface area contributed by atoms with Gasteiger partial charge in [-0.1, -0.05) is 43.2 Å². The number of allylic oxidation sites excluding steroid dienone is 2. The summed E-state index contributed by atoms with van der Waals surface area (Å²) in [4.78, 5) is 20.2. The van der Waals surface area contributed by atoms with Gasteiger partial charge in [0, 0.05) is 18.0 Å². The Morgan fingerprint density at radius 1 is 1.15 bits per heavy atom. The number of fused-ring (bicyclic) bond motifs is 1. The Bertz CT molecular complexity index is 1280. The molecule has 0 saturated heterocycles. The third kappa shape index (κ3) is 4.88. The van der Waals surface area contributed by atoms with E-state index in [0.717, 1.165) is 22.3 Å². The molecular formula is C27H26BN2O4. The molecule has 1 aliphatic heterocycles. The summed E-state index contributed by atoms with van der Waals surface area (Å²) in [5.74, 6) is 0.230. The van der Waals surface area contributed by atoms with Crippen LogP contribution in [0.4, 0.5) is 0 Å². The van der Waals surface area contributed by atoms with E-state index in [4.69, 9.17) is 9.47 Å². The monoisotopic (exact) mass is 453 g/mol. The summed E-state index contributed by atoms with van der Waals surface area (Å²) < 4.78 is 11.9. The third-order valence-corrected chi connectivity index (χ3v) is 5.49. The van der Waals surface area contributed by atoms with E-state index >= 15 is 0 Å². The van der Waals surface area contributed by atoms with Gasteiger partial charge in [-0.3, -0.25) is 0 Å². The van der Waals surface area contributed by atoms with Crippen molar-refractivity contribution < 1.29 is 19.4 Å². The third-order valence-electron chi connectivity index (χ3n) is 5.49. The van der Waals surface area contributed by atoms with Gasteiger partial charge in [0.05, 0.1) is 17.2 Å². The molecule has 0 fully saturated rings. The van der Waals surface area contributed by atoms with E-state index in [9.17, 15) is 9.90 Å². The van der Waals surface area contributed by atoms with Crippen LogP contribution in [0.1, 0.15) is 59.2 Å². The number of aryl methyl sites for hydroxylation is 1. The van der Waals surface area contributed by atoms with Gasteiger partial charge in [-0.15, -0.1) is 0 Å². The summed E-state index contributed by atoms with van der Waals surface area (Å²) >= 11 is 0. The van der Waals surface area contributed by atoms with Gasteiger partial charge in [0.15, 0.2) is 7.28 Å². The normalized spacial score (nSPS) is 13.6. The number of ether oxygens (including phenoxy) is 2. The van der Waals surface area contributed by atoms with Crippen molar-refractivity contribution in [3.63, 3.8) is 0 Å². The van der Waals surface area contributed by atoms with Crippen LogP contribution in [-0.2, 0) is 0 Å². The fourth-order valence-corrected chi connectivity index (χ4v) is 3.92. The molecule has 1 atom stereocenters. The minimum atomic E-state index is -0.954. The van der Waals surface area contributed by atoms with Crippen LogP contribution >= 0.6 is 0 Å². The van der Waals surface area contributed by atoms with Gasteiger partial charge < -0.3 is 14.6 Å². The highest BCUT2D eigenvalue weighted by Crippen LogP contribution is 2.41. The Hall–Kier alpha value is -3.87. The molecule has 1 unspecified atom stereocenters. The van der Waals surface area contributed by atoms with Crippen molar-refractivity contribution in [2.45, 2.75) is 39.6 Å². The zero-order valence-corrected chi connectivity index (χ0v) is 19.7. The van der Waals surface area contributed by atoms with Crippen molar-refractivity contribution in [1.82, 2.24) is 9.97 Å². The predicted molar refractivity (Wildman–Crippen MR) is 134 cm³/mol. The summed E-state index contributed by atoms with van der Waals surface area (Å²) in [5, 5.41) is 9.56. The number of rotatable bonds is 7. The molecule has 3 aromatic rings. The van der Waals surface area contributed by atoms with Gasteiger partial charge in [-0.05, 0) is 61.5 Å². The second-order valence-electron chi connectivity index (χ2n) is 8.64. The molecule has 0 spiro atoms. The SMILES string of the molecule is C=C1C=C(c2cnc(OC(C)C)nc2)Oc2c1cc(C)cc2C(C)[B]c1ccccc1C(=O)O. The molecule has 0 bridgehead atoms. The molecular weight excluding hydrogens is 427 g/mol. The van der Waals surface area contributed by atoms with Crippen LogP contribution in [0.3, 0.4) is 0 Å². The van der Waals surface area contributed by atoms with E-state index in [0.29, 0.717) is 28.5 Å². The number of aromatic carboxylic acids is 1. The van der Waals surface area contributed by atoms with Crippen LogP contribution < -0.4 is 14.9 Å². The molecule has 2 aromatic carbocycles. The molecule has 1 N–H and O–H groups in total. The average molecular weight is 453 g/mol. The molecule has 1 aliphatic rings. The maximum atomic E-state index is 11.7. The molecule has 34 heavy (non-hydrogen) atoms. The molecule has 171 valence electrons. The zero-order chi connectivity index (χ0) is 24.4. The molecule has 0 amide bonds. The predicted octanol–water partition coefficient (Wildman–Crippen LogP) is 4.81. The van der Waals surface area contributed by atoms with Crippen molar-refractivity contribution in [3.8, 4) is 11.8 Å². The molecule has 0 saturated carbocycles. The topological polar surface area (TPSA) is 81.5 Å². The van der Waals surface area contributed by atoms with Gasteiger partial charge in [0.25, 0.3) is 0 Å². The van der Waals surface area contributed by atoms with E-state index in [1.165, 1.54) is 0 Å². The number of carboxylic acids is 1. The van der Waals surface area contributed by atoms with Gasteiger partial charge >= 0.3 is 12.0 Å². The highest BCUT2D eigenvalue weighted by molar-refractivity contribution is 6.56. The molecule has 7 heteroatoms. The second-order valence-corrected chi connectivity index (χ2v) is 8.64. The van der Waals surface area contributed by atoms with Crippen LogP contribution in [0, 0.1) is 6.92 Å². The minimum absolute atomic E-state index is 0.0163. The number of aromatic nitrogens is 2. The van der Waals surface area contributed by atoms with Crippen molar-refractivity contribution in [2.75, 3.05) is 0 Å². The molecule has 2 heterocycles. The van der Waals surface area contributed by atoms with Gasteiger partial charge in [-0.25, -0.2) is 14.8 Å². The summed E-state index contributed by atoms with van der Waals surface area (Å²) in [6, 6.07) is 11.4. The summed E-state index contributed by atoms with van der Waals surface area (Å²) in [6.45, 7) is 12.1. The second kappa shape index (κ2) is 9.55. The van der Waals surface area contributed by atoms with Gasteiger partial charge in [0.1, 0.15) is 11.5 Å². The van der Waals surface area contributed by atoms with Gasteiger partial charge in [0.2, 0.25) is 0 Å². The quantitative estimate of drug-likeness (QED) is 0.518. The number of carbonyl (C=O) groups is 1. The number of nitrogens with zero attached hydrogens (tertiary/aromatic N) is 2. The molecule has 1 radical (unpaired) electrons. The van der Waals surface area contributed by atoms with Crippen LogP contribution in [0.25, 0.3) is 11.3 Å². The fraction of sp³-hybridized carbons (Fsp3) is 0.222. The molecule has 6 nitrogen and oxygen atoms in total. The first-order valence-corrected chi connectivity index (χ1v) is 11.1. The fourth-order valence-electron chi connectivity index (χ4n) is 3.92. The smallest absolute Gasteiger partial charge is 0.335 e. The van der Waals surface area contributed by atoms with Crippen LogP contribution in [-0.4, -0.2) is 34.4 Å². The van der Waals surface area contributed by atoms with Gasteiger partial charge in [-0.2, -0.15) is 0 Å². The van der Waals surface area contributed by atoms with Crippen LogP contribution in [0.15, 0.2) is 61.4 Å². The number of carboxylic acid groups (broad SMARTS) is 1. The van der Waals surface area contributed by atoms with Crippen molar-refractivity contribution in [2.24, 2.45) is 0 Å². The lowest BCUT2D eigenvalue weighted by Crippen LogP contribution is -2.27. The van der Waals surface area contributed by atoms with E-state index in [-0.39, 0.29) is 17.5 Å². The first kappa shape index (κ1) is 23.3. The van der Waals surface area contributed by atoms with Crippen molar-refractivity contribution in [1.29, 1.82) is 0 Å². The van der Waals surface area contributed by atoms with E-state index < -0.39 is 5.97 Å². The van der Waals surface area contributed by atoms with E-state index in [2.05, 4.69) is 22.6 Å². The molecule has 4 rings (SSSR count). The zero-order valence-electron chi connectivity index (χ0n) is 19.7. The summed E-state index contributed by atoms with van der Waals surface area (Å²) in [5.41, 5.74) is 5.39. The Morgan fingerprint density at radius 3 is 2.53 bits per heavy atom. The molecule has 0 aliphatic carbocycles. The first-order valence-electron chi connectivity index (χ1n) is 11.1. The van der Waals surface area contributed by atoms with E-state index in [1.807, 2.05) is 59.2 Å². The minimum Gasteiger partial charge on any atom is -0.478 e. The number of hydrogen-bond donors (Lipinski definition) is 1. The highest BCUT2D eigenvalue weighted by Gasteiger charge is 2.25. The standard InChI is InChI=1S/C27H26BN2O4/c1-15(2)33-27-29-13-19(14-30-27)24-12-17(4)21-10-16(3)11-22(25(21)34-24)18(5)28-23-9-7-6-8-20(23)26(31)32/h6-15,18H,4H2,1-3,5H3,(H,31,32). The lowest BCUT2D eigenvalue weighted by molar-refractivity contribution is 0.0698. The highest BCUT2D eigenvalue weighted by atomic mass is 16.5. The Labute approximate surface area is 200 Å². The Balaban J connectivity index is 1.67.